The van der Waals surface area contributed by atoms with Crippen molar-refractivity contribution in [1.82, 2.24) is 10.3 Å². The second kappa shape index (κ2) is 6.13. The number of nitrogens with one attached hydrogen (secondary N) is 1. The summed E-state index contributed by atoms with van der Waals surface area (Å²) in [7, 11) is 0. The Morgan fingerprint density at radius 2 is 2.00 bits per heavy atom. The van der Waals surface area contributed by atoms with Crippen LogP contribution in [0, 0.1) is 0 Å². The van der Waals surface area contributed by atoms with Crippen molar-refractivity contribution in [2.75, 3.05) is 31.1 Å². The summed E-state index contributed by atoms with van der Waals surface area (Å²) in [6.45, 7) is 10.4. The van der Waals surface area contributed by atoms with Crippen LogP contribution >= 0.6 is 0 Å². The minimum atomic E-state index is -0.255. The van der Waals surface area contributed by atoms with Gasteiger partial charge in [-0.25, -0.2) is 4.98 Å². The first-order valence-electron chi connectivity index (χ1n) is 8.07. The Kier molecular flexibility index (Phi) is 4.21. The van der Waals surface area contributed by atoms with Gasteiger partial charge in [-0.3, -0.25) is 0 Å². The van der Waals surface area contributed by atoms with Gasteiger partial charge in [-0.1, -0.05) is 12.1 Å². The first-order chi connectivity index (χ1) is 10.5. The van der Waals surface area contributed by atoms with Crippen molar-refractivity contribution in [3.8, 4) is 5.88 Å². The predicted octanol–water partition coefficient (Wildman–Crippen LogP) is 3.21. The van der Waals surface area contributed by atoms with Crippen LogP contribution in [0.1, 0.15) is 27.2 Å². The molecule has 0 amide bonds. The topological polar surface area (TPSA) is 37.4 Å². The summed E-state index contributed by atoms with van der Waals surface area (Å²) < 4.78 is 6.12. The minimum Gasteiger partial charge on any atom is -0.471 e. The molecule has 0 atom stereocenters. The highest BCUT2D eigenvalue weighted by Crippen LogP contribution is 2.34. The van der Waals surface area contributed by atoms with Crippen molar-refractivity contribution in [2.45, 2.75) is 32.8 Å². The molecule has 1 aromatic carbocycles. The second-order valence-corrected chi connectivity index (χ2v) is 6.80. The van der Waals surface area contributed by atoms with E-state index in [1.807, 2.05) is 6.20 Å². The Labute approximate surface area is 132 Å². The third-order valence-electron chi connectivity index (χ3n) is 3.82. The van der Waals surface area contributed by atoms with E-state index in [0.29, 0.717) is 0 Å². The lowest BCUT2D eigenvalue weighted by Crippen LogP contribution is -2.28. The van der Waals surface area contributed by atoms with Crippen molar-refractivity contribution < 1.29 is 4.74 Å². The Hall–Kier alpha value is -1.81. The largest absolute Gasteiger partial charge is 0.471 e. The molecule has 0 aliphatic carbocycles. The third kappa shape index (κ3) is 3.33. The van der Waals surface area contributed by atoms with Gasteiger partial charge in [0, 0.05) is 25.8 Å². The van der Waals surface area contributed by atoms with Crippen LogP contribution in [-0.2, 0) is 0 Å². The summed E-state index contributed by atoms with van der Waals surface area (Å²) in [6.07, 6.45) is 2.99. The highest BCUT2D eigenvalue weighted by atomic mass is 16.5. The van der Waals surface area contributed by atoms with Crippen LogP contribution in [0.2, 0.25) is 0 Å². The second-order valence-electron chi connectivity index (χ2n) is 6.80. The molecule has 4 heteroatoms. The fourth-order valence-corrected chi connectivity index (χ4v) is 2.90. The average Bonchev–Trinajstić information content (AvgIpc) is 2.74. The maximum Gasteiger partial charge on any atom is 0.223 e. The molecular formula is C18H25N3O. The highest BCUT2D eigenvalue weighted by Gasteiger charge is 2.19. The summed E-state index contributed by atoms with van der Waals surface area (Å²) >= 11 is 0. The summed E-state index contributed by atoms with van der Waals surface area (Å²) in [6, 6.07) is 8.50. The molecule has 0 bridgehead atoms. The van der Waals surface area contributed by atoms with Crippen LogP contribution in [0.4, 0.5) is 5.69 Å². The molecule has 2 heterocycles. The number of hydrogen-bond acceptors (Lipinski definition) is 4. The summed E-state index contributed by atoms with van der Waals surface area (Å²) in [5.41, 5.74) is 0.975. The number of rotatable bonds is 2. The van der Waals surface area contributed by atoms with Gasteiger partial charge in [-0.2, -0.15) is 0 Å². The van der Waals surface area contributed by atoms with E-state index in [2.05, 4.69) is 60.2 Å². The number of anilines is 1. The number of hydrogen-bond donors (Lipinski definition) is 1. The molecule has 0 unspecified atom stereocenters. The normalized spacial score (nSPS) is 16.6. The molecule has 1 aromatic heterocycles. The minimum absolute atomic E-state index is 0.255. The van der Waals surface area contributed by atoms with E-state index >= 15 is 0 Å². The van der Waals surface area contributed by atoms with Gasteiger partial charge in [0.25, 0.3) is 0 Å². The highest BCUT2D eigenvalue weighted by molar-refractivity contribution is 5.98. The van der Waals surface area contributed by atoms with Crippen molar-refractivity contribution >= 4 is 16.5 Å². The van der Waals surface area contributed by atoms with Gasteiger partial charge in [0.05, 0.1) is 11.1 Å². The zero-order valence-electron chi connectivity index (χ0n) is 13.7. The van der Waals surface area contributed by atoms with Gasteiger partial charge in [0.1, 0.15) is 5.60 Å². The fourth-order valence-electron chi connectivity index (χ4n) is 2.90. The number of benzene rings is 1. The number of fused-ring (bicyclic) bond motifs is 1. The summed E-state index contributed by atoms with van der Waals surface area (Å²) in [4.78, 5) is 6.95. The van der Waals surface area contributed by atoms with E-state index in [1.165, 1.54) is 11.1 Å². The van der Waals surface area contributed by atoms with Crippen molar-refractivity contribution in [3.63, 3.8) is 0 Å². The molecule has 118 valence electrons. The van der Waals surface area contributed by atoms with Crippen LogP contribution in [0.5, 0.6) is 5.88 Å². The number of ether oxygens (including phenoxy) is 1. The number of nitrogens with zero attached hydrogens (tertiary/aromatic N) is 2. The molecule has 1 N–H and O–H groups in total. The predicted molar refractivity (Wildman–Crippen MR) is 91.8 cm³/mol. The molecule has 3 rings (SSSR count). The van der Waals surface area contributed by atoms with Crippen molar-refractivity contribution in [3.05, 3.63) is 30.5 Å². The molecule has 1 aliphatic heterocycles. The van der Waals surface area contributed by atoms with Gasteiger partial charge in [-0.15, -0.1) is 0 Å². The zero-order chi connectivity index (χ0) is 15.6. The van der Waals surface area contributed by atoms with Crippen LogP contribution in [0.15, 0.2) is 30.5 Å². The molecule has 0 spiro atoms. The molecule has 0 saturated carbocycles. The van der Waals surface area contributed by atoms with Gasteiger partial charge in [-0.05, 0) is 51.3 Å². The van der Waals surface area contributed by atoms with Crippen molar-refractivity contribution in [1.29, 1.82) is 0 Å². The Morgan fingerprint density at radius 3 is 2.82 bits per heavy atom. The lowest BCUT2D eigenvalue weighted by molar-refractivity contribution is 0.126. The SMILES string of the molecule is CC(C)(C)Oc1nccc2cccc(N3CCCNCC3)c12. The molecule has 0 radical (unpaired) electrons. The number of pyridine rings is 1. The Bertz CT molecular complexity index is 635. The Balaban J connectivity index is 2.09. The molecule has 1 fully saturated rings. The zero-order valence-corrected chi connectivity index (χ0v) is 13.7. The molecule has 22 heavy (non-hydrogen) atoms. The average molecular weight is 299 g/mol. The molecular weight excluding hydrogens is 274 g/mol. The van der Waals surface area contributed by atoms with E-state index in [0.717, 1.165) is 43.9 Å². The smallest absolute Gasteiger partial charge is 0.223 e. The first kappa shape index (κ1) is 15.1. The monoisotopic (exact) mass is 299 g/mol. The quantitative estimate of drug-likeness (QED) is 0.924. The standard InChI is InChI=1S/C18H25N3O/c1-18(2,3)22-17-16-14(8-10-20-17)6-4-7-15(16)21-12-5-9-19-11-13-21/h4,6-8,10,19H,5,9,11-13H2,1-3H3. The number of aromatic nitrogens is 1. The molecule has 4 nitrogen and oxygen atoms in total. The molecule has 2 aromatic rings. The first-order valence-corrected chi connectivity index (χ1v) is 8.07. The lowest BCUT2D eigenvalue weighted by Gasteiger charge is -2.26. The van der Waals surface area contributed by atoms with Gasteiger partial charge >= 0.3 is 0 Å². The van der Waals surface area contributed by atoms with Gasteiger partial charge < -0.3 is 15.0 Å². The third-order valence-corrected chi connectivity index (χ3v) is 3.82. The van der Waals surface area contributed by atoms with Crippen LogP contribution in [-0.4, -0.2) is 36.8 Å². The summed E-state index contributed by atoms with van der Waals surface area (Å²) in [5.74, 6) is 0.734. The van der Waals surface area contributed by atoms with E-state index in [-0.39, 0.29) is 5.60 Å². The lowest BCUT2D eigenvalue weighted by atomic mass is 10.1. The van der Waals surface area contributed by atoms with Crippen molar-refractivity contribution in [2.24, 2.45) is 0 Å². The van der Waals surface area contributed by atoms with Crippen LogP contribution in [0.25, 0.3) is 10.8 Å². The molecule has 1 aliphatic rings. The van der Waals surface area contributed by atoms with Gasteiger partial charge in [0.15, 0.2) is 0 Å². The van der Waals surface area contributed by atoms with Crippen LogP contribution in [0.3, 0.4) is 0 Å². The van der Waals surface area contributed by atoms with E-state index in [9.17, 15) is 0 Å². The van der Waals surface area contributed by atoms with E-state index in [1.54, 1.807) is 0 Å². The van der Waals surface area contributed by atoms with Crippen LogP contribution < -0.4 is 15.0 Å². The summed E-state index contributed by atoms with van der Waals surface area (Å²) in [5, 5.41) is 5.77. The maximum absolute atomic E-state index is 6.12. The molecule has 1 saturated heterocycles. The van der Waals surface area contributed by atoms with Gasteiger partial charge in [0.2, 0.25) is 5.88 Å². The Morgan fingerprint density at radius 1 is 1.14 bits per heavy atom. The fraction of sp³-hybridized carbons (Fsp3) is 0.500. The maximum atomic E-state index is 6.12. The van der Waals surface area contributed by atoms with E-state index < -0.39 is 0 Å². The van der Waals surface area contributed by atoms with E-state index in [4.69, 9.17) is 4.74 Å².